The predicted octanol–water partition coefficient (Wildman–Crippen LogP) is 7.71. The third-order valence-electron chi connectivity index (χ3n) is 4.72. The zero-order chi connectivity index (χ0) is 22.1. The molecule has 2 heterocycles. The Hall–Kier alpha value is -2.61. The van der Waals surface area contributed by atoms with E-state index >= 15 is 0 Å². The Kier molecular flexibility index (Phi) is 8.28. The highest BCUT2D eigenvalue weighted by Crippen LogP contribution is 2.39. The Labute approximate surface area is 184 Å². The third kappa shape index (κ3) is 6.95. The summed E-state index contributed by atoms with van der Waals surface area (Å²) in [5.74, 6) is -0.139. The maximum atomic E-state index is 13.6. The van der Waals surface area contributed by atoms with Crippen LogP contribution < -0.4 is 10.1 Å². The molecule has 8 heteroatoms. The molecule has 0 fully saturated rings. The minimum absolute atomic E-state index is 0.139. The SMILES string of the molecule is CCCCCCCCOc1ccc(Nc2nc(-c3ccccn3)cs2)cc1C(F)(F)F. The number of unbranched alkanes of at least 4 members (excludes halogenated alkanes) is 5. The number of hydrogen-bond acceptors (Lipinski definition) is 5. The molecule has 0 spiro atoms. The minimum Gasteiger partial charge on any atom is -0.493 e. The van der Waals surface area contributed by atoms with Crippen molar-refractivity contribution in [2.24, 2.45) is 0 Å². The highest BCUT2D eigenvalue weighted by atomic mass is 32.1. The molecule has 0 aliphatic rings. The predicted molar refractivity (Wildman–Crippen MR) is 119 cm³/mol. The molecule has 0 bridgehead atoms. The smallest absolute Gasteiger partial charge is 0.420 e. The maximum Gasteiger partial charge on any atom is 0.420 e. The molecular formula is C23H26F3N3OS. The second kappa shape index (κ2) is 11.1. The van der Waals surface area contributed by atoms with E-state index in [0.717, 1.165) is 38.2 Å². The highest BCUT2D eigenvalue weighted by Gasteiger charge is 2.34. The van der Waals surface area contributed by atoms with E-state index in [4.69, 9.17) is 4.74 Å². The van der Waals surface area contributed by atoms with Crippen LogP contribution in [-0.2, 0) is 6.18 Å². The summed E-state index contributed by atoms with van der Waals surface area (Å²) in [5.41, 5.74) is 0.899. The van der Waals surface area contributed by atoms with E-state index in [0.29, 0.717) is 22.2 Å². The first-order chi connectivity index (χ1) is 15.0. The number of anilines is 2. The van der Waals surface area contributed by atoms with Gasteiger partial charge in [0.25, 0.3) is 0 Å². The van der Waals surface area contributed by atoms with Gasteiger partial charge in [-0.25, -0.2) is 4.98 Å². The summed E-state index contributed by atoms with van der Waals surface area (Å²) in [7, 11) is 0. The number of hydrogen-bond donors (Lipinski definition) is 1. The average molecular weight is 450 g/mol. The monoisotopic (exact) mass is 449 g/mol. The van der Waals surface area contributed by atoms with Gasteiger partial charge >= 0.3 is 6.18 Å². The molecule has 31 heavy (non-hydrogen) atoms. The van der Waals surface area contributed by atoms with Gasteiger partial charge in [-0.05, 0) is 36.8 Å². The summed E-state index contributed by atoms with van der Waals surface area (Å²) in [6.07, 6.45) is 3.47. The van der Waals surface area contributed by atoms with Crippen molar-refractivity contribution in [1.29, 1.82) is 0 Å². The molecule has 0 radical (unpaired) electrons. The van der Waals surface area contributed by atoms with Gasteiger partial charge in [0.15, 0.2) is 5.13 Å². The molecular weight excluding hydrogens is 423 g/mol. The van der Waals surface area contributed by atoms with Crippen molar-refractivity contribution in [3.8, 4) is 17.1 Å². The first kappa shape index (κ1) is 23.1. The van der Waals surface area contributed by atoms with Crippen LogP contribution in [0.4, 0.5) is 24.0 Å². The average Bonchev–Trinajstić information content (AvgIpc) is 3.22. The lowest BCUT2D eigenvalue weighted by Crippen LogP contribution is -2.10. The topological polar surface area (TPSA) is 47.0 Å². The van der Waals surface area contributed by atoms with Gasteiger partial charge < -0.3 is 10.1 Å². The van der Waals surface area contributed by atoms with E-state index in [-0.39, 0.29) is 12.4 Å². The van der Waals surface area contributed by atoms with Gasteiger partial charge in [0.1, 0.15) is 11.4 Å². The lowest BCUT2D eigenvalue weighted by atomic mass is 10.1. The number of pyridine rings is 1. The fraction of sp³-hybridized carbons (Fsp3) is 0.391. The van der Waals surface area contributed by atoms with Gasteiger partial charge in [-0.15, -0.1) is 11.3 Å². The fourth-order valence-electron chi connectivity index (χ4n) is 3.11. The highest BCUT2D eigenvalue weighted by molar-refractivity contribution is 7.14. The first-order valence-corrected chi connectivity index (χ1v) is 11.3. The van der Waals surface area contributed by atoms with Crippen LogP contribution in [0.5, 0.6) is 5.75 Å². The molecule has 1 aromatic carbocycles. The van der Waals surface area contributed by atoms with E-state index in [9.17, 15) is 13.2 Å². The Morgan fingerprint density at radius 2 is 1.81 bits per heavy atom. The Bertz CT molecular complexity index is 945. The van der Waals surface area contributed by atoms with Crippen LogP contribution in [0.3, 0.4) is 0 Å². The summed E-state index contributed by atoms with van der Waals surface area (Å²) >= 11 is 1.31. The van der Waals surface area contributed by atoms with Crippen LogP contribution in [0.25, 0.3) is 11.4 Å². The lowest BCUT2D eigenvalue weighted by Gasteiger charge is -2.15. The molecule has 166 valence electrons. The number of rotatable bonds is 11. The Balaban J connectivity index is 1.64. The summed E-state index contributed by atoms with van der Waals surface area (Å²) in [6.45, 7) is 2.43. The van der Waals surface area contributed by atoms with Crippen molar-refractivity contribution in [2.45, 2.75) is 51.6 Å². The van der Waals surface area contributed by atoms with Crippen molar-refractivity contribution in [3.05, 3.63) is 53.5 Å². The van der Waals surface area contributed by atoms with Crippen molar-refractivity contribution in [1.82, 2.24) is 9.97 Å². The normalized spacial score (nSPS) is 11.5. The van der Waals surface area contributed by atoms with Crippen molar-refractivity contribution >= 4 is 22.2 Å². The van der Waals surface area contributed by atoms with Crippen molar-refractivity contribution < 1.29 is 17.9 Å². The van der Waals surface area contributed by atoms with Crippen LogP contribution >= 0.6 is 11.3 Å². The molecule has 0 amide bonds. The number of nitrogens with zero attached hydrogens (tertiary/aromatic N) is 2. The summed E-state index contributed by atoms with van der Waals surface area (Å²) in [4.78, 5) is 8.65. The molecule has 0 saturated carbocycles. The van der Waals surface area contributed by atoms with Crippen LogP contribution in [0.15, 0.2) is 48.0 Å². The third-order valence-corrected chi connectivity index (χ3v) is 5.48. The van der Waals surface area contributed by atoms with Gasteiger partial charge in [0.2, 0.25) is 0 Å². The number of benzene rings is 1. The number of thiazole rings is 1. The molecule has 2 aromatic heterocycles. The van der Waals surface area contributed by atoms with E-state index in [1.54, 1.807) is 12.3 Å². The number of aromatic nitrogens is 2. The van der Waals surface area contributed by atoms with E-state index in [2.05, 4.69) is 22.2 Å². The molecule has 0 aliphatic carbocycles. The number of alkyl halides is 3. The summed E-state index contributed by atoms with van der Waals surface area (Å²) in [5, 5.41) is 5.26. The van der Waals surface area contributed by atoms with E-state index in [1.807, 2.05) is 23.6 Å². The van der Waals surface area contributed by atoms with Crippen LogP contribution in [-0.4, -0.2) is 16.6 Å². The number of nitrogens with one attached hydrogen (secondary N) is 1. The largest absolute Gasteiger partial charge is 0.493 e. The zero-order valence-corrected chi connectivity index (χ0v) is 18.2. The van der Waals surface area contributed by atoms with Gasteiger partial charge in [-0.1, -0.05) is 45.1 Å². The van der Waals surface area contributed by atoms with Crippen molar-refractivity contribution in [2.75, 3.05) is 11.9 Å². The second-order valence-electron chi connectivity index (χ2n) is 7.20. The molecule has 1 N–H and O–H groups in total. The summed E-state index contributed by atoms with van der Waals surface area (Å²) in [6, 6.07) is 9.51. The molecule has 0 atom stereocenters. The van der Waals surface area contributed by atoms with E-state index in [1.165, 1.54) is 23.8 Å². The second-order valence-corrected chi connectivity index (χ2v) is 8.06. The fourth-order valence-corrected chi connectivity index (χ4v) is 3.83. The zero-order valence-electron chi connectivity index (χ0n) is 17.4. The van der Waals surface area contributed by atoms with Gasteiger partial charge in [-0.2, -0.15) is 13.2 Å². The van der Waals surface area contributed by atoms with Crippen LogP contribution in [0, 0.1) is 0 Å². The van der Waals surface area contributed by atoms with Crippen LogP contribution in [0.2, 0.25) is 0 Å². The van der Waals surface area contributed by atoms with Crippen LogP contribution in [0.1, 0.15) is 51.0 Å². The Morgan fingerprint density at radius 3 is 2.55 bits per heavy atom. The molecule has 4 nitrogen and oxygen atoms in total. The maximum absolute atomic E-state index is 13.6. The van der Waals surface area contributed by atoms with Gasteiger partial charge in [0, 0.05) is 17.3 Å². The molecule has 3 rings (SSSR count). The summed E-state index contributed by atoms with van der Waals surface area (Å²) < 4.78 is 46.2. The van der Waals surface area contributed by atoms with Crippen molar-refractivity contribution in [3.63, 3.8) is 0 Å². The van der Waals surface area contributed by atoms with Gasteiger partial charge in [0.05, 0.1) is 17.9 Å². The molecule has 0 unspecified atom stereocenters. The number of halogens is 3. The standard InChI is InChI=1S/C23H26F3N3OS/c1-2-3-4-5-6-9-14-30-21-12-11-17(15-18(21)23(24,25)26)28-22-29-20(16-31-22)19-10-7-8-13-27-19/h7-8,10-13,15-16H,2-6,9,14H2,1H3,(H,28,29). The quantitative estimate of drug-likeness (QED) is 0.305. The number of ether oxygens (including phenoxy) is 1. The lowest BCUT2D eigenvalue weighted by molar-refractivity contribution is -0.138. The Morgan fingerprint density at radius 1 is 1.00 bits per heavy atom. The van der Waals surface area contributed by atoms with Gasteiger partial charge in [-0.3, -0.25) is 4.98 Å². The van der Waals surface area contributed by atoms with E-state index < -0.39 is 11.7 Å². The molecule has 3 aromatic rings. The minimum atomic E-state index is -4.50. The molecule has 0 saturated heterocycles. The molecule has 0 aliphatic heterocycles. The first-order valence-electron chi connectivity index (χ1n) is 10.5.